The van der Waals surface area contributed by atoms with Crippen LogP contribution in [0.1, 0.15) is 22.3 Å². The lowest BCUT2D eigenvalue weighted by molar-refractivity contribution is 1.23. The summed E-state index contributed by atoms with van der Waals surface area (Å²) in [4.78, 5) is 4.73. The van der Waals surface area contributed by atoms with Crippen LogP contribution in [0.25, 0.3) is 44.5 Å². The van der Waals surface area contributed by atoms with E-state index in [9.17, 15) is 0 Å². The van der Waals surface area contributed by atoms with Crippen LogP contribution in [0, 0.1) is 0 Å². The van der Waals surface area contributed by atoms with Crippen molar-refractivity contribution in [2.24, 2.45) is 0 Å². The van der Waals surface area contributed by atoms with E-state index < -0.39 is 0 Å². The molecule has 12 rings (SSSR count). The summed E-state index contributed by atoms with van der Waals surface area (Å²) in [5.74, 6) is 0. The van der Waals surface area contributed by atoms with Crippen molar-refractivity contribution in [2.75, 3.05) is 9.80 Å². The predicted molar refractivity (Wildman–Crippen MR) is 270 cm³/mol. The Morgan fingerprint density at radius 3 is 0.875 bits per heavy atom. The molecule has 0 N–H and O–H groups in total. The standard InChI is InChI=1S/C50H36N2.C12H10/c1-3-13-41(14-4-1)51(45-27-29-49-39(33-45)31-37-11-7-9-17-47(37)49)43-23-19-35(20-24-43)36-21-25-44(26-22-36)52(42-15-5-2-6-16-42)46-28-30-50-40(34-46)32-38-12-8-10-18-48(38)50;1-3-7-11(8-4-1)12-9-5-2-6-10-12/h1-30,33-34H,31-32H2;1-10H. The van der Waals surface area contributed by atoms with Gasteiger partial charge in [0.25, 0.3) is 0 Å². The lowest BCUT2D eigenvalue weighted by Gasteiger charge is -2.27. The molecule has 304 valence electrons. The van der Waals surface area contributed by atoms with Crippen LogP contribution >= 0.6 is 0 Å². The minimum Gasteiger partial charge on any atom is -0.310 e. The zero-order chi connectivity index (χ0) is 42.7. The van der Waals surface area contributed by atoms with E-state index in [2.05, 4.69) is 252 Å². The Bertz CT molecular complexity index is 2960. The zero-order valence-corrected chi connectivity index (χ0v) is 35.6. The Labute approximate surface area is 376 Å². The summed E-state index contributed by atoms with van der Waals surface area (Å²) in [5, 5.41) is 0. The number of hydrogen-bond acceptors (Lipinski definition) is 2. The fourth-order valence-corrected chi connectivity index (χ4v) is 9.46. The van der Waals surface area contributed by atoms with Crippen molar-refractivity contribution < 1.29 is 0 Å². The Morgan fingerprint density at radius 2 is 0.484 bits per heavy atom. The van der Waals surface area contributed by atoms with Crippen molar-refractivity contribution in [3.63, 3.8) is 0 Å². The minimum absolute atomic E-state index is 0.972. The minimum atomic E-state index is 0.972. The third-order valence-electron chi connectivity index (χ3n) is 12.6. The molecule has 0 spiro atoms. The predicted octanol–water partition coefficient (Wildman–Crippen LogP) is 16.8. The first-order chi connectivity index (χ1) is 31.7. The van der Waals surface area contributed by atoms with Crippen molar-refractivity contribution >= 4 is 34.1 Å². The first-order valence-electron chi connectivity index (χ1n) is 22.2. The first-order valence-corrected chi connectivity index (χ1v) is 22.2. The van der Waals surface area contributed by atoms with Crippen molar-refractivity contribution in [2.45, 2.75) is 12.8 Å². The highest BCUT2D eigenvalue weighted by Gasteiger charge is 2.22. The molecule has 0 unspecified atom stereocenters. The number of nitrogens with zero attached hydrogens (tertiary/aromatic N) is 2. The van der Waals surface area contributed by atoms with E-state index in [1.807, 2.05) is 12.1 Å². The van der Waals surface area contributed by atoms with Gasteiger partial charge in [0.05, 0.1) is 0 Å². The van der Waals surface area contributed by atoms with Crippen LogP contribution in [0.5, 0.6) is 0 Å². The summed E-state index contributed by atoms with van der Waals surface area (Å²) in [6, 6.07) is 91.5. The molecule has 0 radical (unpaired) electrons. The highest BCUT2D eigenvalue weighted by atomic mass is 15.1. The molecule has 64 heavy (non-hydrogen) atoms. The third kappa shape index (κ3) is 7.67. The zero-order valence-electron chi connectivity index (χ0n) is 35.6. The largest absolute Gasteiger partial charge is 0.310 e. The summed E-state index contributed by atoms with van der Waals surface area (Å²) in [6.45, 7) is 0. The molecular formula is C62H46N2. The van der Waals surface area contributed by atoms with Crippen molar-refractivity contribution in [3.8, 4) is 44.5 Å². The van der Waals surface area contributed by atoms with Crippen molar-refractivity contribution in [3.05, 3.63) is 277 Å². The molecular weight excluding hydrogens is 773 g/mol. The molecule has 0 aliphatic heterocycles. The number of para-hydroxylation sites is 2. The van der Waals surface area contributed by atoms with Crippen LogP contribution in [0.2, 0.25) is 0 Å². The second-order valence-corrected chi connectivity index (χ2v) is 16.5. The van der Waals surface area contributed by atoms with Gasteiger partial charge in [-0.1, -0.05) is 182 Å². The summed E-state index contributed by atoms with van der Waals surface area (Å²) in [5.41, 5.74) is 22.8. The summed E-state index contributed by atoms with van der Waals surface area (Å²) < 4.78 is 0. The molecule has 2 nitrogen and oxygen atoms in total. The van der Waals surface area contributed by atoms with Crippen LogP contribution < -0.4 is 9.80 Å². The number of rotatable bonds is 8. The molecule has 10 aromatic carbocycles. The highest BCUT2D eigenvalue weighted by molar-refractivity contribution is 5.86. The van der Waals surface area contributed by atoms with Crippen LogP contribution in [0.3, 0.4) is 0 Å². The normalized spacial score (nSPS) is 11.6. The van der Waals surface area contributed by atoms with Crippen LogP contribution in [0.15, 0.2) is 255 Å². The maximum Gasteiger partial charge on any atom is 0.0464 e. The molecule has 0 bridgehead atoms. The van der Waals surface area contributed by atoms with E-state index in [1.165, 1.54) is 78.1 Å². The number of fused-ring (bicyclic) bond motifs is 6. The lowest BCUT2D eigenvalue weighted by atomic mass is 10.0. The Balaban J connectivity index is 0.000000329. The molecule has 0 fully saturated rings. The van der Waals surface area contributed by atoms with E-state index >= 15 is 0 Å². The molecule has 0 aromatic heterocycles. The molecule has 0 amide bonds. The third-order valence-corrected chi connectivity index (χ3v) is 12.6. The quantitative estimate of drug-likeness (QED) is 0.151. The van der Waals surface area contributed by atoms with Gasteiger partial charge in [-0.05, 0) is 152 Å². The first kappa shape index (κ1) is 38.7. The molecule has 0 saturated carbocycles. The smallest absolute Gasteiger partial charge is 0.0464 e. The average molecular weight is 819 g/mol. The molecule has 2 aliphatic rings. The van der Waals surface area contributed by atoms with E-state index in [-0.39, 0.29) is 0 Å². The molecule has 2 heteroatoms. The van der Waals surface area contributed by atoms with Gasteiger partial charge in [-0.2, -0.15) is 0 Å². The van der Waals surface area contributed by atoms with Gasteiger partial charge in [0.15, 0.2) is 0 Å². The topological polar surface area (TPSA) is 6.48 Å². The van der Waals surface area contributed by atoms with Gasteiger partial charge in [0.1, 0.15) is 0 Å². The van der Waals surface area contributed by atoms with Gasteiger partial charge in [-0.25, -0.2) is 0 Å². The molecule has 0 atom stereocenters. The average Bonchev–Trinajstić information content (AvgIpc) is 3.94. The highest BCUT2D eigenvalue weighted by Crippen LogP contribution is 2.44. The summed E-state index contributed by atoms with van der Waals surface area (Å²) in [7, 11) is 0. The maximum absolute atomic E-state index is 2.37. The van der Waals surface area contributed by atoms with Crippen LogP contribution in [-0.2, 0) is 12.8 Å². The monoisotopic (exact) mass is 818 g/mol. The Kier molecular flexibility index (Phi) is 10.5. The molecule has 2 aliphatic carbocycles. The fourth-order valence-electron chi connectivity index (χ4n) is 9.46. The van der Waals surface area contributed by atoms with Crippen molar-refractivity contribution in [1.82, 2.24) is 0 Å². The van der Waals surface area contributed by atoms with Gasteiger partial charge in [-0.15, -0.1) is 0 Å². The van der Waals surface area contributed by atoms with Gasteiger partial charge >= 0.3 is 0 Å². The molecule has 0 heterocycles. The van der Waals surface area contributed by atoms with E-state index in [4.69, 9.17) is 0 Å². The van der Waals surface area contributed by atoms with Gasteiger partial charge < -0.3 is 9.80 Å². The Hall–Kier alpha value is -8.20. The summed E-state index contributed by atoms with van der Waals surface area (Å²) in [6.07, 6.45) is 1.94. The van der Waals surface area contributed by atoms with Gasteiger partial charge in [0, 0.05) is 34.1 Å². The molecule has 0 saturated heterocycles. The number of anilines is 6. The van der Waals surface area contributed by atoms with Gasteiger partial charge in [0.2, 0.25) is 0 Å². The van der Waals surface area contributed by atoms with E-state index in [0.717, 1.165) is 35.6 Å². The second kappa shape index (κ2) is 17.3. The van der Waals surface area contributed by atoms with Crippen LogP contribution in [0.4, 0.5) is 34.1 Å². The van der Waals surface area contributed by atoms with E-state index in [0.29, 0.717) is 0 Å². The number of benzene rings is 10. The van der Waals surface area contributed by atoms with E-state index in [1.54, 1.807) is 0 Å². The summed E-state index contributed by atoms with van der Waals surface area (Å²) >= 11 is 0. The second-order valence-electron chi connectivity index (χ2n) is 16.5. The fraction of sp³-hybridized carbons (Fsp3) is 0.0323. The molecule has 10 aromatic rings. The van der Waals surface area contributed by atoms with Crippen molar-refractivity contribution in [1.29, 1.82) is 0 Å². The SMILES string of the molecule is c1ccc(-c2ccccc2)cc1.c1ccc(N(c2ccc(-c3ccc(N(c4ccccc4)c4ccc5c(c4)Cc4ccccc4-5)cc3)cc2)c2ccc3c(c2)Cc2ccccc2-3)cc1. The maximum atomic E-state index is 2.37. The lowest BCUT2D eigenvalue weighted by Crippen LogP contribution is -2.10. The Morgan fingerprint density at radius 1 is 0.203 bits per heavy atom. The van der Waals surface area contributed by atoms with Gasteiger partial charge in [-0.3, -0.25) is 0 Å². The number of hydrogen-bond donors (Lipinski definition) is 0. The van der Waals surface area contributed by atoms with Crippen LogP contribution in [-0.4, -0.2) is 0 Å².